The highest BCUT2D eigenvalue weighted by atomic mass is 32.2. The fourth-order valence-corrected chi connectivity index (χ4v) is 6.14. The number of likely N-dealkylation sites (tertiary alicyclic amines) is 1. The van der Waals surface area contributed by atoms with E-state index in [2.05, 4.69) is 0 Å². The Morgan fingerprint density at radius 2 is 1.61 bits per heavy atom. The summed E-state index contributed by atoms with van der Waals surface area (Å²) >= 11 is 0. The standard InChI is InChI=1S/C26H30N2O7S/c1-34-17-16-28-23(18-6-10-20(35-2)11-7-18)22(25(30)26(28)31)24(29)19-8-12-21(13-9-19)36(32,33)27-14-4-3-5-15-27/h6-13,23,29H,3-5,14-17H2,1-2H3/b24-22+/t23-/m0/s1. The molecule has 0 saturated carbocycles. The number of sulfonamides is 1. The summed E-state index contributed by atoms with van der Waals surface area (Å²) in [4.78, 5) is 27.4. The van der Waals surface area contributed by atoms with Crippen LogP contribution in [0.2, 0.25) is 0 Å². The lowest BCUT2D eigenvalue weighted by atomic mass is 9.95. The molecule has 2 heterocycles. The van der Waals surface area contributed by atoms with Crippen LogP contribution in [-0.2, 0) is 24.3 Å². The van der Waals surface area contributed by atoms with Crippen LogP contribution in [0.3, 0.4) is 0 Å². The number of amides is 1. The SMILES string of the molecule is COCCN1C(=O)C(=O)/C(=C(/O)c2ccc(S(=O)(=O)N3CCCCC3)cc2)[C@@H]1c1ccc(OC)cc1. The van der Waals surface area contributed by atoms with Crippen molar-refractivity contribution >= 4 is 27.5 Å². The first-order chi connectivity index (χ1) is 17.3. The number of ether oxygens (including phenoxy) is 2. The predicted octanol–water partition coefficient (Wildman–Crippen LogP) is 2.94. The van der Waals surface area contributed by atoms with Crippen molar-refractivity contribution in [3.63, 3.8) is 0 Å². The normalized spacial score (nSPS) is 20.6. The van der Waals surface area contributed by atoms with Gasteiger partial charge in [-0.05, 0) is 54.8 Å². The number of carbonyl (C=O) groups excluding carboxylic acids is 2. The Kier molecular flexibility index (Phi) is 7.77. The monoisotopic (exact) mass is 514 g/mol. The van der Waals surface area contributed by atoms with Crippen molar-refractivity contribution in [3.8, 4) is 5.75 Å². The molecular formula is C26H30N2O7S. The highest BCUT2D eigenvalue weighted by Gasteiger charge is 2.45. The number of aliphatic hydroxyl groups is 1. The summed E-state index contributed by atoms with van der Waals surface area (Å²) in [5.74, 6) is -1.30. The summed E-state index contributed by atoms with van der Waals surface area (Å²) in [5, 5.41) is 11.2. The van der Waals surface area contributed by atoms with E-state index in [4.69, 9.17) is 9.47 Å². The Morgan fingerprint density at radius 3 is 2.19 bits per heavy atom. The Bertz CT molecular complexity index is 1250. The summed E-state index contributed by atoms with van der Waals surface area (Å²) in [6.45, 7) is 1.33. The summed E-state index contributed by atoms with van der Waals surface area (Å²) in [5.41, 5.74) is 0.806. The number of nitrogens with zero attached hydrogens (tertiary/aromatic N) is 2. The molecule has 0 radical (unpaired) electrons. The summed E-state index contributed by atoms with van der Waals surface area (Å²) in [7, 11) is -0.607. The van der Waals surface area contributed by atoms with Crippen LogP contribution in [0.5, 0.6) is 5.75 Å². The fourth-order valence-electron chi connectivity index (χ4n) is 4.63. The maximum Gasteiger partial charge on any atom is 0.295 e. The zero-order valence-corrected chi connectivity index (χ0v) is 21.2. The Labute approximate surface area is 211 Å². The number of methoxy groups -OCH3 is 2. The minimum atomic E-state index is -3.64. The molecule has 2 aromatic rings. The van der Waals surface area contributed by atoms with Gasteiger partial charge in [0.2, 0.25) is 10.0 Å². The van der Waals surface area contributed by atoms with Crippen molar-refractivity contribution in [2.45, 2.75) is 30.2 Å². The van der Waals surface area contributed by atoms with E-state index in [9.17, 15) is 23.1 Å². The number of rotatable bonds is 8. The number of carbonyl (C=O) groups is 2. The van der Waals surface area contributed by atoms with Crippen molar-refractivity contribution in [2.75, 3.05) is 40.5 Å². The molecule has 2 aliphatic rings. The fraction of sp³-hybridized carbons (Fsp3) is 0.385. The number of Topliss-reactive ketones (excluding diaryl/α,β-unsaturated/α-hetero) is 1. The largest absolute Gasteiger partial charge is 0.507 e. The van der Waals surface area contributed by atoms with Crippen molar-refractivity contribution in [2.24, 2.45) is 0 Å². The molecule has 9 nitrogen and oxygen atoms in total. The van der Waals surface area contributed by atoms with E-state index in [0.717, 1.165) is 19.3 Å². The van der Waals surface area contributed by atoms with E-state index in [0.29, 0.717) is 24.4 Å². The van der Waals surface area contributed by atoms with Gasteiger partial charge in [-0.25, -0.2) is 8.42 Å². The first-order valence-electron chi connectivity index (χ1n) is 11.8. The second-order valence-electron chi connectivity index (χ2n) is 8.75. The number of aliphatic hydroxyl groups excluding tert-OH is 1. The van der Waals surface area contributed by atoms with Crippen molar-refractivity contribution < 1.29 is 32.6 Å². The van der Waals surface area contributed by atoms with E-state index >= 15 is 0 Å². The van der Waals surface area contributed by atoms with Crippen molar-refractivity contribution in [1.29, 1.82) is 0 Å². The maximum atomic E-state index is 13.1. The smallest absolute Gasteiger partial charge is 0.295 e. The van der Waals surface area contributed by atoms with E-state index in [1.807, 2.05) is 0 Å². The number of piperidine rings is 1. The molecule has 10 heteroatoms. The summed E-state index contributed by atoms with van der Waals surface area (Å²) in [6.07, 6.45) is 2.66. The van der Waals surface area contributed by atoms with Crippen LogP contribution in [0.4, 0.5) is 0 Å². The van der Waals surface area contributed by atoms with Crippen LogP contribution in [0.25, 0.3) is 5.76 Å². The van der Waals surface area contributed by atoms with Crippen LogP contribution in [-0.4, -0.2) is 74.9 Å². The van der Waals surface area contributed by atoms with Gasteiger partial charge in [0.05, 0.1) is 30.2 Å². The second kappa shape index (κ2) is 10.8. The van der Waals surface area contributed by atoms with Gasteiger partial charge in [0.25, 0.3) is 11.7 Å². The average Bonchev–Trinajstić information content (AvgIpc) is 3.17. The molecule has 36 heavy (non-hydrogen) atoms. The number of ketones is 1. The zero-order valence-electron chi connectivity index (χ0n) is 20.3. The lowest BCUT2D eigenvalue weighted by molar-refractivity contribution is -0.140. The molecular weight excluding hydrogens is 484 g/mol. The molecule has 2 aromatic carbocycles. The van der Waals surface area contributed by atoms with Crippen LogP contribution in [0.15, 0.2) is 59.0 Å². The van der Waals surface area contributed by atoms with Gasteiger partial charge in [-0.15, -0.1) is 0 Å². The molecule has 1 amide bonds. The highest BCUT2D eigenvalue weighted by Crippen LogP contribution is 2.39. The summed E-state index contributed by atoms with van der Waals surface area (Å²) < 4.78 is 37.8. The number of benzene rings is 2. The molecule has 2 aliphatic heterocycles. The third-order valence-corrected chi connectivity index (χ3v) is 8.50. The Morgan fingerprint density at radius 1 is 0.972 bits per heavy atom. The van der Waals surface area contributed by atoms with Gasteiger partial charge in [0.1, 0.15) is 11.5 Å². The van der Waals surface area contributed by atoms with Crippen LogP contribution in [0, 0.1) is 0 Å². The van der Waals surface area contributed by atoms with Crippen molar-refractivity contribution in [1.82, 2.24) is 9.21 Å². The first kappa shape index (κ1) is 25.9. The molecule has 4 rings (SSSR count). The van der Waals surface area contributed by atoms with Crippen LogP contribution < -0.4 is 4.74 Å². The van der Waals surface area contributed by atoms with Crippen LogP contribution >= 0.6 is 0 Å². The van der Waals surface area contributed by atoms with Gasteiger partial charge in [-0.2, -0.15) is 4.31 Å². The van der Waals surface area contributed by atoms with Gasteiger partial charge in [0.15, 0.2) is 0 Å². The van der Waals surface area contributed by atoms with E-state index in [1.165, 1.54) is 47.7 Å². The Hall–Kier alpha value is -3.21. The topological polar surface area (TPSA) is 113 Å². The molecule has 1 N–H and O–H groups in total. The molecule has 0 bridgehead atoms. The third kappa shape index (κ3) is 4.88. The van der Waals surface area contributed by atoms with E-state index < -0.39 is 27.8 Å². The third-order valence-electron chi connectivity index (χ3n) is 6.59. The quantitative estimate of drug-likeness (QED) is 0.327. The molecule has 1 atom stereocenters. The minimum Gasteiger partial charge on any atom is -0.507 e. The van der Waals surface area contributed by atoms with Crippen molar-refractivity contribution in [3.05, 3.63) is 65.2 Å². The lowest BCUT2D eigenvalue weighted by Crippen LogP contribution is -2.35. The number of hydrogen-bond donors (Lipinski definition) is 1. The lowest BCUT2D eigenvalue weighted by Gasteiger charge is -2.26. The van der Waals surface area contributed by atoms with Gasteiger partial charge in [0, 0.05) is 32.3 Å². The molecule has 192 valence electrons. The van der Waals surface area contributed by atoms with Gasteiger partial charge in [-0.1, -0.05) is 18.6 Å². The first-order valence-corrected chi connectivity index (χ1v) is 13.3. The molecule has 0 aromatic heterocycles. The van der Waals surface area contributed by atoms with E-state index in [-0.39, 0.29) is 34.9 Å². The summed E-state index contributed by atoms with van der Waals surface area (Å²) in [6, 6.07) is 11.8. The molecule has 2 fully saturated rings. The average molecular weight is 515 g/mol. The Balaban J connectivity index is 1.73. The minimum absolute atomic E-state index is 0.0621. The second-order valence-corrected chi connectivity index (χ2v) is 10.7. The zero-order chi connectivity index (χ0) is 25.9. The van der Waals surface area contributed by atoms with Gasteiger partial charge < -0.3 is 19.5 Å². The number of hydrogen-bond acceptors (Lipinski definition) is 7. The van der Waals surface area contributed by atoms with Gasteiger partial charge in [-0.3, -0.25) is 9.59 Å². The molecule has 0 spiro atoms. The van der Waals surface area contributed by atoms with Gasteiger partial charge >= 0.3 is 0 Å². The highest BCUT2D eigenvalue weighted by molar-refractivity contribution is 7.89. The molecule has 2 saturated heterocycles. The maximum absolute atomic E-state index is 13.1. The molecule has 0 unspecified atom stereocenters. The predicted molar refractivity (Wildman–Crippen MR) is 133 cm³/mol. The molecule has 0 aliphatic carbocycles. The van der Waals surface area contributed by atoms with E-state index in [1.54, 1.807) is 24.3 Å². The van der Waals surface area contributed by atoms with Crippen LogP contribution in [0.1, 0.15) is 36.4 Å².